The van der Waals surface area contributed by atoms with Crippen molar-refractivity contribution >= 4 is 88.9 Å². The quantitative estimate of drug-likeness (QED) is 0.0124. The number of nitrogens with zero attached hydrogens (tertiary/aromatic N) is 2. The van der Waals surface area contributed by atoms with E-state index in [9.17, 15) is 62.3 Å². The Balaban J connectivity index is 0.000000473. The van der Waals surface area contributed by atoms with Crippen molar-refractivity contribution in [2.45, 2.75) is 137 Å². The zero-order valence-electron chi connectivity index (χ0n) is 62.4. The number of nitrogens with one attached hydrogen (secondary N) is 7. The van der Waals surface area contributed by atoms with E-state index in [0.717, 1.165) is 36.6 Å². The van der Waals surface area contributed by atoms with Crippen LogP contribution in [0.25, 0.3) is 0 Å². The maximum absolute atomic E-state index is 13.0. The van der Waals surface area contributed by atoms with E-state index in [1.54, 1.807) is 39.0 Å². The number of hydrogen-bond donors (Lipinski definition) is 8. The molecule has 2 aliphatic heterocycles. The lowest BCUT2D eigenvalue weighted by molar-refractivity contribution is -0.173. The van der Waals surface area contributed by atoms with Gasteiger partial charge in [-0.1, -0.05) is 44.2 Å². The number of rotatable bonds is 45. The van der Waals surface area contributed by atoms with Gasteiger partial charge in [-0.25, -0.2) is 33.6 Å². The molecule has 0 aliphatic carbocycles. The van der Waals surface area contributed by atoms with E-state index < -0.39 is 77.1 Å². The van der Waals surface area contributed by atoms with Crippen LogP contribution >= 0.6 is 0 Å². The van der Waals surface area contributed by atoms with Gasteiger partial charge in [0.05, 0.1) is 77.2 Å². The Morgan fingerprint density at radius 2 is 0.748 bits per heavy atom. The van der Waals surface area contributed by atoms with Crippen LogP contribution in [0, 0.1) is 0 Å². The van der Waals surface area contributed by atoms with Crippen molar-refractivity contribution < 1.29 is 119 Å². The number of urea groups is 2. The molecule has 2 saturated heterocycles. The molecule has 9 N–H and O–H groups in total. The molecule has 2 fully saturated rings. The summed E-state index contributed by atoms with van der Waals surface area (Å²) in [6.45, 7) is 22.2. The number of benzene rings is 3. The van der Waals surface area contributed by atoms with Gasteiger partial charge >= 0.3 is 42.3 Å². The second kappa shape index (κ2) is 52.3. The van der Waals surface area contributed by atoms with Gasteiger partial charge in [0.25, 0.3) is 23.6 Å². The first-order valence-corrected chi connectivity index (χ1v) is 35.4. The van der Waals surface area contributed by atoms with Crippen LogP contribution in [-0.4, -0.2) is 231 Å². The van der Waals surface area contributed by atoms with E-state index in [2.05, 4.69) is 37.2 Å². The number of alkyl carbamates (subject to hydrolysis) is 3. The van der Waals surface area contributed by atoms with Crippen molar-refractivity contribution in [2.75, 3.05) is 142 Å². The summed E-state index contributed by atoms with van der Waals surface area (Å²) in [5.41, 5.74) is 5.24. The van der Waals surface area contributed by atoms with E-state index in [1.165, 1.54) is 0 Å². The van der Waals surface area contributed by atoms with Crippen molar-refractivity contribution in [1.29, 1.82) is 0 Å². The molecule has 0 spiro atoms. The number of ether oxygens (including phenoxy) is 10. The molecule has 0 saturated carbocycles. The van der Waals surface area contributed by atoms with E-state index in [0.29, 0.717) is 112 Å². The number of anilines is 2. The van der Waals surface area contributed by atoms with Crippen molar-refractivity contribution in [1.82, 2.24) is 36.7 Å². The average Bonchev–Trinajstić information content (AvgIpc) is 1.05. The van der Waals surface area contributed by atoms with E-state index in [-0.39, 0.29) is 133 Å². The highest BCUT2D eigenvalue weighted by atomic mass is 16.7. The Morgan fingerprint density at radius 1 is 0.411 bits per heavy atom. The van der Waals surface area contributed by atoms with Gasteiger partial charge in [0, 0.05) is 127 Å². The number of carbonyl (C=O) groups excluding carboxylic acids is 13. The molecule has 35 nitrogen and oxygen atoms in total. The molecule has 0 unspecified atom stereocenters. The van der Waals surface area contributed by atoms with Gasteiger partial charge in [-0.05, 0) is 109 Å². The maximum atomic E-state index is 13.0. The highest BCUT2D eigenvalue weighted by Crippen LogP contribution is 2.23. The standard InChI is InChI=1S/C32H53N3O9.C31H33N5O13.C9H20N2O3/c1-6-14-40-16-8-10-28(36)25-22-26(29(37)11-9-17-42-19-13-34-31(39)44-32(3,4)5)24-27(23-25)35-30(38)33-12-18-43-21-20-41-15-7-2;37-24-6-7-25(38)35(24)48-28(41)21-16-22(29(42)49-36-26(39)8-9-27(36)40)18-23(17-21)34-30(43)32-10-12-45-14-15-46-13-11-33-31(44)47-19-20-4-2-1-3-5-20;1-9(2,3)14-8(12)11-5-7-13-6-4-10/h22-24H,6-21H2,1-5H3,(H,34,39)(H2,33,35,38);1-5,16-18H,6-15,19H2,(H,33,44)(H2,32,34,43);4-7,10H2,1-3H3,(H,11,12). The van der Waals surface area contributed by atoms with Gasteiger partial charge in [-0.3, -0.25) is 28.8 Å². The first kappa shape index (κ1) is 91.5. The van der Waals surface area contributed by atoms with Crippen molar-refractivity contribution in [3.05, 3.63) is 94.5 Å². The molecule has 107 heavy (non-hydrogen) atoms. The highest BCUT2D eigenvalue weighted by molar-refractivity contribution is 6.06. The molecule has 0 bridgehead atoms. The molecule has 35 heteroatoms. The molecule has 3 aromatic carbocycles. The second-order valence-electron chi connectivity index (χ2n) is 25.3. The summed E-state index contributed by atoms with van der Waals surface area (Å²) in [5, 5.41) is 18.7. The van der Waals surface area contributed by atoms with Crippen LogP contribution in [0.5, 0.6) is 0 Å². The minimum atomic E-state index is -1.20. The Labute approximate surface area is 622 Å². The van der Waals surface area contributed by atoms with Crippen LogP contribution in [-0.2, 0) is 82.8 Å². The van der Waals surface area contributed by atoms with Gasteiger partial charge in [0.2, 0.25) is 0 Å². The van der Waals surface area contributed by atoms with Crippen molar-refractivity contribution in [2.24, 2.45) is 5.73 Å². The lowest BCUT2D eigenvalue weighted by Gasteiger charge is -2.19. The molecular weight excluding hydrogens is 1400 g/mol. The van der Waals surface area contributed by atoms with E-state index in [1.807, 2.05) is 65.0 Å². The predicted octanol–water partition coefficient (Wildman–Crippen LogP) is 6.84. The molecule has 3 aromatic rings. The Bertz CT molecular complexity index is 3210. The second-order valence-corrected chi connectivity index (χ2v) is 25.3. The molecule has 0 radical (unpaired) electrons. The summed E-state index contributed by atoms with van der Waals surface area (Å²) in [4.78, 5) is 168. The monoisotopic (exact) mass is 1510 g/mol. The SMILES string of the molecule is CC(C)(C)OC(=O)NCCOCCN.CCCOCCCC(=O)c1cc(NC(=O)NCCOCCOCCC)cc(C(=O)CCCOCCNC(=O)OC(C)(C)C)c1.O=C(NCCOCCOCCNC(=O)OCc1ccccc1)Nc1cc(C(=O)ON2C(=O)CCC2=O)cc(C(=O)ON2C(=O)CCC2=O)c1. The number of ketones is 2. The minimum Gasteiger partial charge on any atom is -0.445 e. The lowest BCUT2D eigenvalue weighted by atomic mass is 9.99. The van der Waals surface area contributed by atoms with E-state index >= 15 is 0 Å². The molecule has 2 heterocycles. The third-order valence-electron chi connectivity index (χ3n) is 13.6. The molecule has 5 rings (SSSR count). The normalized spacial score (nSPS) is 12.5. The number of hydrogen-bond acceptors (Lipinski definition) is 26. The molecule has 0 atom stereocenters. The Morgan fingerprint density at radius 3 is 1.13 bits per heavy atom. The Hall–Kier alpha value is -9.75. The largest absolute Gasteiger partial charge is 0.445 e. The third-order valence-corrected chi connectivity index (χ3v) is 13.6. The van der Waals surface area contributed by atoms with Gasteiger partial charge in [0.1, 0.15) is 17.8 Å². The molecule has 11 amide bonds. The van der Waals surface area contributed by atoms with Crippen LogP contribution in [0.15, 0.2) is 66.7 Å². The molecule has 2 aliphatic rings. The van der Waals surface area contributed by atoms with Gasteiger partial charge in [-0.15, -0.1) is 10.1 Å². The van der Waals surface area contributed by atoms with Crippen LogP contribution in [0.1, 0.15) is 167 Å². The average molecular weight is 1510 g/mol. The topological polar surface area (TPSA) is 449 Å². The van der Waals surface area contributed by atoms with E-state index in [4.69, 9.17) is 62.8 Å². The fourth-order valence-corrected chi connectivity index (χ4v) is 8.73. The zero-order chi connectivity index (χ0) is 78.8. The number of carbonyl (C=O) groups is 13. The van der Waals surface area contributed by atoms with Crippen molar-refractivity contribution in [3.8, 4) is 0 Å². The number of imide groups is 2. The number of Topliss-reactive ketones (excluding diaryl/α,β-unsaturated/α-hetero) is 2. The van der Waals surface area contributed by atoms with Crippen LogP contribution in [0.4, 0.5) is 35.3 Å². The fraction of sp³-hybridized carbons (Fsp3) is 0.569. The summed E-state index contributed by atoms with van der Waals surface area (Å²) >= 11 is 0. The summed E-state index contributed by atoms with van der Waals surface area (Å²) in [5.74, 6) is -5.67. The van der Waals surface area contributed by atoms with Crippen molar-refractivity contribution in [3.63, 3.8) is 0 Å². The van der Waals surface area contributed by atoms with Gasteiger partial charge < -0.3 is 100.0 Å². The number of hydroxylamine groups is 4. The number of nitrogens with two attached hydrogens (primary N) is 1. The Kier molecular flexibility index (Phi) is 44.7. The van der Waals surface area contributed by atoms with Crippen LogP contribution in [0.2, 0.25) is 0 Å². The summed E-state index contributed by atoms with van der Waals surface area (Å²) in [6.07, 6.45) is 1.21. The molecular formula is C72H106N10O25. The molecule has 594 valence electrons. The highest BCUT2D eigenvalue weighted by Gasteiger charge is 2.35. The summed E-state index contributed by atoms with van der Waals surface area (Å²) in [7, 11) is 0. The molecule has 0 aromatic heterocycles. The van der Waals surface area contributed by atoms with Crippen LogP contribution < -0.4 is 43.0 Å². The van der Waals surface area contributed by atoms with Gasteiger partial charge in [0.15, 0.2) is 11.6 Å². The smallest absolute Gasteiger partial charge is 0.407 e. The van der Waals surface area contributed by atoms with Gasteiger partial charge in [-0.2, -0.15) is 0 Å². The van der Waals surface area contributed by atoms with Crippen LogP contribution in [0.3, 0.4) is 0 Å². The number of amides is 11. The minimum absolute atomic E-state index is 0.0512. The maximum Gasteiger partial charge on any atom is 0.407 e. The lowest BCUT2D eigenvalue weighted by Crippen LogP contribution is -2.34. The fourth-order valence-electron chi connectivity index (χ4n) is 8.73. The first-order chi connectivity index (χ1) is 51.1. The predicted molar refractivity (Wildman–Crippen MR) is 386 cm³/mol. The first-order valence-electron chi connectivity index (χ1n) is 35.4. The third kappa shape index (κ3) is 42.3. The zero-order valence-corrected chi connectivity index (χ0v) is 62.4. The summed E-state index contributed by atoms with van der Waals surface area (Å²) < 4.78 is 52.9. The summed E-state index contributed by atoms with van der Waals surface area (Å²) in [6, 6.07) is 15.9.